The molecule has 3 N–H and O–H groups in total. The second-order valence-corrected chi connectivity index (χ2v) is 4.43. The molecule has 0 unspecified atom stereocenters. The van der Waals surface area contributed by atoms with Crippen LogP contribution in [0.5, 0.6) is 0 Å². The molecule has 0 saturated heterocycles. The monoisotopic (exact) mass is 289 g/mol. The van der Waals surface area contributed by atoms with Crippen LogP contribution in [0.15, 0.2) is 36.8 Å². The second kappa shape index (κ2) is 4.55. The summed E-state index contributed by atoms with van der Waals surface area (Å²) in [7, 11) is 0. The highest BCUT2D eigenvalue weighted by atomic mass is 19.1. The van der Waals surface area contributed by atoms with E-state index in [-0.39, 0.29) is 22.5 Å². The molecule has 106 valence electrons. The van der Waals surface area contributed by atoms with E-state index in [1.807, 2.05) is 0 Å². The molecule has 2 aromatic heterocycles. The molecule has 1 aromatic carbocycles. The summed E-state index contributed by atoms with van der Waals surface area (Å²) in [5, 5.41) is 8.97. The van der Waals surface area contributed by atoms with Crippen molar-refractivity contribution in [1.29, 1.82) is 0 Å². The number of nitrogen functional groups attached to an aromatic ring is 1. The molecule has 0 bridgehead atoms. The fourth-order valence-corrected chi connectivity index (χ4v) is 2.15. The maximum Gasteiger partial charge on any atom is 0.356 e. The molecule has 0 spiro atoms. The average molecular weight is 289 g/mol. The van der Waals surface area contributed by atoms with E-state index in [1.54, 1.807) is 0 Å². The number of rotatable bonds is 2. The molecular formula is C14H9F2N3O2. The summed E-state index contributed by atoms with van der Waals surface area (Å²) in [5.41, 5.74) is 5.46. The summed E-state index contributed by atoms with van der Waals surface area (Å²) in [6, 6.07) is 5.08. The second-order valence-electron chi connectivity index (χ2n) is 4.43. The van der Waals surface area contributed by atoms with Crippen molar-refractivity contribution in [2.75, 3.05) is 5.73 Å². The lowest BCUT2D eigenvalue weighted by molar-refractivity contribution is 0.0693. The molecule has 0 radical (unpaired) electrons. The Balaban J connectivity index is 2.23. The first kappa shape index (κ1) is 13.0. The van der Waals surface area contributed by atoms with E-state index in [0.29, 0.717) is 5.52 Å². The molecule has 2 heterocycles. The smallest absolute Gasteiger partial charge is 0.356 e. The van der Waals surface area contributed by atoms with Crippen LogP contribution in [0.25, 0.3) is 16.6 Å². The van der Waals surface area contributed by atoms with Gasteiger partial charge in [0.25, 0.3) is 0 Å². The number of aromatic nitrogens is 2. The SMILES string of the molecule is Nc1ccc(F)c(-c2ccc3c(C(=O)O)ncn3c2)c1F. The van der Waals surface area contributed by atoms with Gasteiger partial charge in [-0.05, 0) is 18.2 Å². The van der Waals surface area contributed by atoms with Crippen LogP contribution in [0.4, 0.5) is 14.5 Å². The van der Waals surface area contributed by atoms with Crippen LogP contribution in [0.1, 0.15) is 10.5 Å². The number of benzene rings is 1. The topological polar surface area (TPSA) is 80.6 Å². The van der Waals surface area contributed by atoms with E-state index in [0.717, 1.165) is 12.1 Å². The summed E-state index contributed by atoms with van der Waals surface area (Å²) in [6.07, 6.45) is 2.67. The van der Waals surface area contributed by atoms with Crippen LogP contribution in [0.2, 0.25) is 0 Å². The lowest BCUT2D eigenvalue weighted by Crippen LogP contribution is -1.99. The van der Waals surface area contributed by atoms with E-state index < -0.39 is 17.6 Å². The van der Waals surface area contributed by atoms with Crippen molar-refractivity contribution in [3.63, 3.8) is 0 Å². The van der Waals surface area contributed by atoms with Gasteiger partial charge in [-0.2, -0.15) is 0 Å². The van der Waals surface area contributed by atoms with Gasteiger partial charge in [-0.15, -0.1) is 0 Å². The van der Waals surface area contributed by atoms with Crippen molar-refractivity contribution in [3.8, 4) is 11.1 Å². The quantitative estimate of drug-likeness (QED) is 0.710. The molecular weight excluding hydrogens is 280 g/mol. The summed E-state index contributed by atoms with van der Waals surface area (Å²) < 4.78 is 29.2. The minimum absolute atomic E-state index is 0.130. The normalized spacial score (nSPS) is 11.0. The minimum Gasteiger partial charge on any atom is -0.476 e. The zero-order valence-electron chi connectivity index (χ0n) is 10.5. The Hall–Kier alpha value is -2.96. The van der Waals surface area contributed by atoms with Crippen molar-refractivity contribution >= 4 is 17.2 Å². The Morgan fingerprint density at radius 3 is 2.71 bits per heavy atom. The average Bonchev–Trinajstić information content (AvgIpc) is 2.87. The number of nitrogens with zero attached hydrogens (tertiary/aromatic N) is 2. The first-order valence-electron chi connectivity index (χ1n) is 5.93. The lowest BCUT2D eigenvalue weighted by Gasteiger charge is -2.08. The number of halogens is 2. The molecule has 0 aliphatic heterocycles. The number of nitrogens with two attached hydrogens (primary N) is 1. The first-order chi connectivity index (χ1) is 9.99. The van der Waals surface area contributed by atoms with Gasteiger partial charge < -0.3 is 15.2 Å². The van der Waals surface area contributed by atoms with Gasteiger partial charge in [0.1, 0.15) is 12.1 Å². The minimum atomic E-state index is -1.17. The van der Waals surface area contributed by atoms with E-state index in [4.69, 9.17) is 10.8 Å². The molecule has 0 saturated carbocycles. The van der Waals surface area contributed by atoms with Crippen LogP contribution >= 0.6 is 0 Å². The third kappa shape index (κ3) is 1.99. The largest absolute Gasteiger partial charge is 0.476 e. The number of hydrogen-bond donors (Lipinski definition) is 2. The third-order valence-corrected chi connectivity index (χ3v) is 3.14. The van der Waals surface area contributed by atoms with E-state index >= 15 is 0 Å². The van der Waals surface area contributed by atoms with Crippen LogP contribution in [0.3, 0.4) is 0 Å². The molecule has 5 nitrogen and oxygen atoms in total. The number of carboxylic acids is 1. The van der Waals surface area contributed by atoms with Gasteiger partial charge in [0.15, 0.2) is 11.5 Å². The van der Waals surface area contributed by atoms with Gasteiger partial charge in [0.05, 0.1) is 16.8 Å². The Bertz CT molecular complexity index is 874. The van der Waals surface area contributed by atoms with Crippen molar-refractivity contribution < 1.29 is 18.7 Å². The number of hydrogen-bond acceptors (Lipinski definition) is 3. The highest BCUT2D eigenvalue weighted by molar-refractivity contribution is 5.93. The number of pyridine rings is 1. The Morgan fingerprint density at radius 1 is 1.24 bits per heavy atom. The standard InChI is InChI=1S/C14H9F2N3O2/c15-8-2-3-9(17)12(16)11(8)7-1-4-10-13(14(20)21)18-6-19(10)5-7/h1-6H,17H2,(H,20,21). The van der Waals surface area contributed by atoms with Gasteiger partial charge in [-0.3, -0.25) is 0 Å². The molecule has 7 heteroatoms. The zero-order valence-corrected chi connectivity index (χ0v) is 10.5. The maximum absolute atomic E-state index is 14.0. The summed E-state index contributed by atoms with van der Waals surface area (Å²) in [4.78, 5) is 14.7. The molecule has 3 aromatic rings. The number of anilines is 1. The number of aromatic carboxylic acids is 1. The maximum atomic E-state index is 14.0. The fourth-order valence-electron chi connectivity index (χ4n) is 2.15. The predicted octanol–water partition coefficient (Wildman–Crippen LogP) is 2.56. The van der Waals surface area contributed by atoms with Crippen molar-refractivity contribution in [2.45, 2.75) is 0 Å². The highest BCUT2D eigenvalue weighted by Crippen LogP contribution is 2.29. The molecule has 21 heavy (non-hydrogen) atoms. The molecule has 3 rings (SSSR count). The summed E-state index contributed by atoms with van der Waals surface area (Å²) in [6.45, 7) is 0. The highest BCUT2D eigenvalue weighted by Gasteiger charge is 2.16. The molecule has 0 aliphatic rings. The number of fused-ring (bicyclic) bond motifs is 1. The van der Waals surface area contributed by atoms with Crippen LogP contribution in [-0.4, -0.2) is 20.5 Å². The van der Waals surface area contributed by atoms with Crippen molar-refractivity contribution in [1.82, 2.24) is 9.38 Å². The number of imidazole rings is 1. The lowest BCUT2D eigenvalue weighted by atomic mass is 10.1. The van der Waals surface area contributed by atoms with Crippen molar-refractivity contribution in [3.05, 3.63) is 54.1 Å². The zero-order chi connectivity index (χ0) is 15.1. The van der Waals surface area contributed by atoms with Gasteiger partial charge in [-0.1, -0.05) is 6.07 Å². The summed E-state index contributed by atoms with van der Waals surface area (Å²) in [5.74, 6) is -2.78. The van der Waals surface area contributed by atoms with Crippen LogP contribution < -0.4 is 5.73 Å². The molecule has 0 aliphatic carbocycles. The number of carbonyl (C=O) groups is 1. The Morgan fingerprint density at radius 2 is 2.00 bits per heavy atom. The van der Waals surface area contributed by atoms with Crippen molar-refractivity contribution in [2.24, 2.45) is 0 Å². The number of carboxylic acid groups (broad SMARTS) is 1. The molecule has 0 fully saturated rings. The van der Waals surface area contributed by atoms with E-state index in [2.05, 4.69) is 4.98 Å². The van der Waals surface area contributed by atoms with Crippen LogP contribution in [-0.2, 0) is 0 Å². The van der Waals surface area contributed by atoms with Crippen LogP contribution in [0, 0.1) is 11.6 Å². The van der Waals surface area contributed by atoms with Gasteiger partial charge in [-0.25, -0.2) is 18.6 Å². The van der Waals surface area contributed by atoms with Gasteiger partial charge in [0.2, 0.25) is 0 Å². The van der Waals surface area contributed by atoms with E-state index in [1.165, 1.54) is 29.1 Å². The molecule has 0 atom stereocenters. The predicted molar refractivity (Wildman–Crippen MR) is 71.9 cm³/mol. The fraction of sp³-hybridized carbons (Fsp3) is 0. The Labute approximate surface area is 117 Å². The van der Waals surface area contributed by atoms with Gasteiger partial charge >= 0.3 is 5.97 Å². The Kier molecular flexibility index (Phi) is 2.83. The van der Waals surface area contributed by atoms with Gasteiger partial charge in [0, 0.05) is 11.8 Å². The first-order valence-corrected chi connectivity index (χ1v) is 5.93. The third-order valence-electron chi connectivity index (χ3n) is 3.14. The van der Waals surface area contributed by atoms with E-state index in [9.17, 15) is 13.6 Å². The summed E-state index contributed by atoms with van der Waals surface area (Å²) >= 11 is 0. The molecule has 0 amide bonds.